The fraction of sp³-hybridized carbons (Fsp3) is 0.185. The minimum absolute atomic E-state index is 0.0326. The molecule has 1 fully saturated rings. The number of urea groups is 1. The van der Waals surface area contributed by atoms with Crippen molar-refractivity contribution in [3.05, 3.63) is 71.2 Å². The predicted octanol–water partition coefficient (Wildman–Crippen LogP) is 4.69. The van der Waals surface area contributed by atoms with Gasteiger partial charge in [-0.1, -0.05) is 18.2 Å². The van der Waals surface area contributed by atoms with E-state index >= 15 is 0 Å². The standard InChI is InChI=1S/C27H23N5O4S/c1-15-12-17(36-16-6-4-3-5-7-16)8-9-19(15)32-20-10-11-28-26-22(20)23(30-27(32)35)24(37-26)25(34)29-18-13-31(2)14-21(18)33/h3-12,18H,13-14H2,1-2H3,(H,29,34)(H,30,35)/t18-/m0/s1. The number of aromatic nitrogens is 1. The van der Waals surface area contributed by atoms with Crippen LogP contribution in [0.3, 0.4) is 0 Å². The summed E-state index contributed by atoms with van der Waals surface area (Å²) in [5.74, 6) is 0.952. The highest BCUT2D eigenvalue weighted by atomic mass is 32.1. The molecule has 0 aliphatic carbocycles. The summed E-state index contributed by atoms with van der Waals surface area (Å²) in [6, 6.07) is 15.8. The lowest BCUT2D eigenvalue weighted by molar-refractivity contribution is -0.118. The fourth-order valence-corrected chi connectivity index (χ4v) is 5.78. The van der Waals surface area contributed by atoms with Gasteiger partial charge in [0, 0.05) is 12.7 Å². The largest absolute Gasteiger partial charge is 0.457 e. The fourth-order valence-electron chi connectivity index (χ4n) is 4.75. The third-order valence-corrected chi connectivity index (χ3v) is 7.55. The first kappa shape index (κ1) is 23.1. The Morgan fingerprint density at radius 1 is 1.11 bits per heavy atom. The molecule has 4 aromatic rings. The molecule has 0 unspecified atom stereocenters. The summed E-state index contributed by atoms with van der Waals surface area (Å²) in [5, 5.41) is 6.41. The summed E-state index contributed by atoms with van der Waals surface area (Å²) in [5.41, 5.74) is 2.58. The SMILES string of the molecule is Cc1cc(Oc2ccccc2)ccc1N1C(=O)Nc2c(C(=O)N[C@H]3CN(C)CC3=O)sc3nccc1c23. The van der Waals surface area contributed by atoms with Crippen molar-refractivity contribution in [1.29, 1.82) is 0 Å². The van der Waals surface area contributed by atoms with Crippen LogP contribution >= 0.6 is 11.3 Å². The van der Waals surface area contributed by atoms with Crippen LogP contribution in [0.25, 0.3) is 10.2 Å². The van der Waals surface area contributed by atoms with Crippen LogP contribution in [0, 0.1) is 6.92 Å². The minimum Gasteiger partial charge on any atom is -0.457 e. The molecule has 6 rings (SSSR count). The number of anilines is 3. The first-order valence-electron chi connectivity index (χ1n) is 11.8. The molecule has 186 valence electrons. The molecule has 4 heterocycles. The topological polar surface area (TPSA) is 104 Å². The number of likely N-dealkylation sites (tertiary alicyclic amines) is 1. The van der Waals surface area contributed by atoms with Gasteiger partial charge in [0.05, 0.1) is 29.0 Å². The van der Waals surface area contributed by atoms with Crippen LogP contribution in [0.15, 0.2) is 60.8 Å². The van der Waals surface area contributed by atoms with Crippen LogP contribution < -0.4 is 20.3 Å². The van der Waals surface area contributed by atoms with Gasteiger partial charge in [-0.05, 0) is 55.9 Å². The number of benzene rings is 2. The zero-order valence-electron chi connectivity index (χ0n) is 20.1. The van der Waals surface area contributed by atoms with Crippen molar-refractivity contribution in [1.82, 2.24) is 15.2 Å². The number of carbonyl (C=O) groups excluding carboxylic acids is 3. The van der Waals surface area contributed by atoms with E-state index in [0.717, 1.165) is 11.3 Å². The van der Waals surface area contributed by atoms with E-state index in [0.29, 0.717) is 51.0 Å². The smallest absolute Gasteiger partial charge is 0.331 e. The molecule has 0 saturated carbocycles. The second-order valence-corrected chi connectivity index (χ2v) is 10.1. The molecular weight excluding hydrogens is 490 g/mol. The number of rotatable bonds is 5. The number of likely N-dealkylation sites (N-methyl/N-ethyl adjacent to an activating group) is 1. The molecular formula is C27H23N5O4S. The van der Waals surface area contributed by atoms with E-state index < -0.39 is 11.9 Å². The number of nitrogens with zero attached hydrogens (tertiary/aromatic N) is 3. The summed E-state index contributed by atoms with van der Waals surface area (Å²) in [7, 11) is 1.83. The van der Waals surface area contributed by atoms with E-state index in [1.54, 1.807) is 17.2 Å². The zero-order chi connectivity index (χ0) is 25.7. The zero-order valence-corrected chi connectivity index (χ0v) is 21.0. The van der Waals surface area contributed by atoms with E-state index in [4.69, 9.17) is 4.74 Å². The Hall–Kier alpha value is -4.28. The van der Waals surface area contributed by atoms with Crippen LogP contribution in [0.1, 0.15) is 15.2 Å². The monoisotopic (exact) mass is 513 g/mol. The number of ether oxygens (including phenoxy) is 1. The highest BCUT2D eigenvalue weighted by Crippen LogP contribution is 2.46. The molecule has 3 amide bonds. The Kier molecular flexibility index (Phi) is 5.62. The number of Topliss-reactive ketones (excluding diaryl/α,β-unsaturated/α-hetero) is 1. The third-order valence-electron chi connectivity index (χ3n) is 6.45. The number of aryl methyl sites for hydroxylation is 1. The number of hydrogen-bond acceptors (Lipinski definition) is 7. The molecule has 37 heavy (non-hydrogen) atoms. The number of hydrogen-bond donors (Lipinski definition) is 2. The Bertz CT molecular complexity index is 1570. The Morgan fingerprint density at radius 2 is 1.92 bits per heavy atom. The van der Waals surface area contributed by atoms with Gasteiger partial charge in [-0.2, -0.15) is 0 Å². The quantitative estimate of drug-likeness (QED) is 0.401. The van der Waals surface area contributed by atoms with E-state index in [-0.39, 0.29) is 11.8 Å². The number of amides is 3. The van der Waals surface area contributed by atoms with E-state index in [1.807, 2.05) is 67.4 Å². The number of nitrogens with one attached hydrogen (secondary N) is 2. The molecule has 0 radical (unpaired) electrons. The Labute approximate surface area is 216 Å². The number of thiophene rings is 1. The first-order valence-corrected chi connectivity index (χ1v) is 12.6. The minimum atomic E-state index is -0.572. The summed E-state index contributed by atoms with van der Waals surface area (Å²) < 4.78 is 5.94. The molecule has 2 aliphatic heterocycles. The van der Waals surface area contributed by atoms with Crippen LogP contribution in [-0.4, -0.2) is 53.8 Å². The lowest BCUT2D eigenvalue weighted by Crippen LogP contribution is -2.41. The van der Waals surface area contributed by atoms with Gasteiger partial charge in [-0.3, -0.25) is 19.4 Å². The molecule has 0 bridgehead atoms. The van der Waals surface area contributed by atoms with E-state index in [2.05, 4.69) is 15.6 Å². The van der Waals surface area contributed by atoms with Gasteiger partial charge in [-0.25, -0.2) is 9.78 Å². The van der Waals surface area contributed by atoms with E-state index in [1.165, 1.54) is 11.3 Å². The van der Waals surface area contributed by atoms with Gasteiger partial charge in [0.15, 0.2) is 5.78 Å². The molecule has 2 aromatic heterocycles. The summed E-state index contributed by atoms with van der Waals surface area (Å²) in [6.45, 7) is 2.67. The molecule has 1 atom stereocenters. The van der Waals surface area contributed by atoms with Gasteiger partial charge in [0.25, 0.3) is 5.91 Å². The summed E-state index contributed by atoms with van der Waals surface area (Å²) in [4.78, 5) is 47.6. The Morgan fingerprint density at radius 3 is 2.65 bits per heavy atom. The van der Waals surface area contributed by atoms with Gasteiger partial charge in [0.1, 0.15) is 27.2 Å². The van der Waals surface area contributed by atoms with Crippen LogP contribution in [-0.2, 0) is 4.79 Å². The second kappa shape index (κ2) is 8.99. The Balaban J connectivity index is 1.34. The number of para-hydroxylation sites is 1. The van der Waals surface area contributed by atoms with Crippen molar-refractivity contribution in [2.24, 2.45) is 0 Å². The number of pyridine rings is 1. The normalized spacial score (nSPS) is 17.2. The summed E-state index contributed by atoms with van der Waals surface area (Å²) >= 11 is 1.19. The molecule has 2 N–H and O–H groups in total. The second-order valence-electron chi connectivity index (χ2n) is 9.13. The maximum atomic E-state index is 13.4. The highest BCUT2D eigenvalue weighted by Gasteiger charge is 2.35. The van der Waals surface area contributed by atoms with Crippen LogP contribution in [0.5, 0.6) is 11.5 Å². The first-order chi connectivity index (χ1) is 17.9. The maximum absolute atomic E-state index is 13.4. The van der Waals surface area contributed by atoms with Crippen molar-refractivity contribution >= 4 is 56.3 Å². The van der Waals surface area contributed by atoms with Crippen molar-refractivity contribution in [3.63, 3.8) is 0 Å². The maximum Gasteiger partial charge on any atom is 0.331 e. The number of ketones is 1. The number of carbonyl (C=O) groups is 3. The van der Waals surface area contributed by atoms with Crippen molar-refractivity contribution < 1.29 is 19.1 Å². The molecule has 2 aromatic carbocycles. The summed E-state index contributed by atoms with van der Waals surface area (Å²) in [6.07, 6.45) is 1.63. The van der Waals surface area contributed by atoms with Gasteiger partial charge in [0.2, 0.25) is 0 Å². The van der Waals surface area contributed by atoms with Crippen LogP contribution in [0.4, 0.5) is 21.9 Å². The highest BCUT2D eigenvalue weighted by molar-refractivity contribution is 7.21. The average Bonchev–Trinajstić information content (AvgIpc) is 3.40. The lowest BCUT2D eigenvalue weighted by atomic mass is 10.1. The lowest BCUT2D eigenvalue weighted by Gasteiger charge is -2.29. The average molecular weight is 514 g/mol. The molecule has 9 nitrogen and oxygen atoms in total. The van der Waals surface area contributed by atoms with Crippen molar-refractivity contribution in [2.75, 3.05) is 30.4 Å². The predicted molar refractivity (Wildman–Crippen MR) is 142 cm³/mol. The van der Waals surface area contributed by atoms with Crippen LogP contribution in [0.2, 0.25) is 0 Å². The molecule has 0 spiro atoms. The third kappa shape index (κ3) is 4.09. The van der Waals surface area contributed by atoms with E-state index in [9.17, 15) is 14.4 Å². The molecule has 1 saturated heterocycles. The van der Waals surface area contributed by atoms with Crippen molar-refractivity contribution in [2.45, 2.75) is 13.0 Å². The van der Waals surface area contributed by atoms with Gasteiger partial charge < -0.3 is 15.4 Å². The van der Waals surface area contributed by atoms with Crippen molar-refractivity contribution in [3.8, 4) is 11.5 Å². The molecule has 10 heteroatoms. The molecule has 2 aliphatic rings. The van der Waals surface area contributed by atoms with Gasteiger partial charge >= 0.3 is 6.03 Å². The van der Waals surface area contributed by atoms with Gasteiger partial charge in [-0.15, -0.1) is 11.3 Å².